The van der Waals surface area contributed by atoms with Crippen molar-refractivity contribution in [3.63, 3.8) is 0 Å². The van der Waals surface area contributed by atoms with Crippen LogP contribution in [-0.2, 0) is 42.4 Å². The van der Waals surface area contributed by atoms with Crippen LogP contribution in [0, 0.1) is 5.41 Å². The van der Waals surface area contributed by atoms with E-state index in [1.807, 2.05) is 12.1 Å². The van der Waals surface area contributed by atoms with Crippen LogP contribution in [0.5, 0.6) is 0 Å². The number of nitrogens with one attached hydrogen (secondary N) is 2. The van der Waals surface area contributed by atoms with E-state index in [2.05, 4.69) is 66.6 Å². The third-order valence-corrected chi connectivity index (χ3v) is 12.4. The lowest BCUT2D eigenvalue weighted by Crippen LogP contribution is -2.57. The Kier molecular flexibility index (Phi) is 10.9. The molecule has 59 heavy (non-hydrogen) atoms. The van der Waals surface area contributed by atoms with Crippen molar-refractivity contribution >= 4 is 40.5 Å². The average molecular weight is 802 g/mol. The molecule has 0 saturated carbocycles. The normalized spacial score (nSPS) is 22.8. The third kappa shape index (κ3) is 7.88. The zero-order chi connectivity index (χ0) is 41.7. The Morgan fingerprint density at radius 2 is 1.81 bits per heavy atom. The van der Waals surface area contributed by atoms with Gasteiger partial charge in [-0.2, -0.15) is 0 Å². The second-order valence-corrected chi connectivity index (χ2v) is 17.5. The molecule has 0 spiro atoms. The summed E-state index contributed by atoms with van der Waals surface area (Å²) in [7, 11) is 1.64. The molecule has 3 N–H and O–H groups in total. The number of hydrogen-bond donors (Lipinski definition) is 3. The zero-order valence-electron chi connectivity index (χ0n) is 34.9. The standard InChI is InChI=1S/C45H55N9O5/c1-8-40(56)49-36-19-29(9-10-39(36)53-16-15-52(23-26(53)2)30-17-27(3)59-28(4)18-30)48-41-44(58)51(7)24-38(50-41)32-11-13-46-42(35(32)25-55)54-14-12-31-33-20-45(5,6)21-37(33)47-22-34(31)43(54)57/h8-11,13,19,22,24,26-28,30,55H,1,12,14-18,20-21,23,25H2,2-7H3,(H,48,50)(H,49,56)/t26-,27-,28+,30?/m0/s1. The second kappa shape index (κ2) is 16.0. The van der Waals surface area contributed by atoms with Gasteiger partial charge >= 0.3 is 0 Å². The first-order chi connectivity index (χ1) is 28.2. The molecule has 1 unspecified atom stereocenters. The molecule has 4 aromatic rings. The Bertz CT molecular complexity index is 2370. The van der Waals surface area contributed by atoms with Crippen molar-refractivity contribution in [2.45, 2.75) is 97.6 Å². The van der Waals surface area contributed by atoms with Gasteiger partial charge in [-0.25, -0.2) is 9.97 Å². The summed E-state index contributed by atoms with van der Waals surface area (Å²) in [6.07, 6.45) is 11.1. The molecule has 1 aliphatic carbocycles. The zero-order valence-corrected chi connectivity index (χ0v) is 34.9. The van der Waals surface area contributed by atoms with Crippen molar-refractivity contribution in [3.8, 4) is 11.3 Å². The van der Waals surface area contributed by atoms with Crippen LogP contribution in [0.25, 0.3) is 11.3 Å². The average Bonchev–Trinajstić information content (AvgIpc) is 3.53. The largest absolute Gasteiger partial charge is 0.392 e. The molecule has 8 rings (SSSR count). The summed E-state index contributed by atoms with van der Waals surface area (Å²) >= 11 is 0. The van der Waals surface area contributed by atoms with Gasteiger partial charge in [0.05, 0.1) is 41.4 Å². The first-order valence-corrected chi connectivity index (χ1v) is 20.7. The number of aryl methyl sites for hydroxylation is 1. The van der Waals surface area contributed by atoms with Crippen molar-refractivity contribution in [3.05, 3.63) is 93.8 Å². The summed E-state index contributed by atoms with van der Waals surface area (Å²) < 4.78 is 7.43. The number of carbonyl (C=O) groups is 2. The van der Waals surface area contributed by atoms with E-state index in [1.165, 1.54) is 16.2 Å². The Balaban J connectivity index is 1.06. The van der Waals surface area contributed by atoms with Gasteiger partial charge in [0.1, 0.15) is 5.82 Å². The lowest BCUT2D eigenvalue weighted by molar-refractivity contribution is -0.111. The van der Waals surface area contributed by atoms with Crippen molar-refractivity contribution in [2.24, 2.45) is 12.5 Å². The molecule has 3 aromatic heterocycles. The molecule has 2 saturated heterocycles. The highest BCUT2D eigenvalue weighted by Gasteiger charge is 2.38. The smallest absolute Gasteiger partial charge is 0.293 e. The lowest BCUT2D eigenvalue weighted by Gasteiger charge is -2.47. The van der Waals surface area contributed by atoms with E-state index >= 15 is 0 Å². The van der Waals surface area contributed by atoms with E-state index in [-0.39, 0.29) is 46.9 Å². The minimum Gasteiger partial charge on any atom is -0.392 e. The molecule has 310 valence electrons. The van der Waals surface area contributed by atoms with Crippen LogP contribution < -0.4 is 26.0 Å². The van der Waals surface area contributed by atoms with Gasteiger partial charge in [-0.05, 0) is 99.8 Å². The van der Waals surface area contributed by atoms with E-state index in [4.69, 9.17) is 14.7 Å². The third-order valence-electron chi connectivity index (χ3n) is 12.4. The Morgan fingerprint density at radius 1 is 1.03 bits per heavy atom. The lowest BCUT2D eigenvalue weighted by atomic mass is 9.88. The number of nitrogens with zero attached hydrogens (tertiary/aromatic N) is 7. The van der Waals surface area contributed by atoms with E-state index < -0.39 is 6.61 Å². The van der Waals surface area contributed by atoms with Crippen LogP contribution in [-0.4, -0.2) is 91.8 Å². The number of carbonyl (C=O) groups excluding carboxylic acids is 2. The number of aliphatic hydroxyl groups excluding tert-OH is 1. The van der Waals surface area contributed by atoms with Crippen LogP contribution in [0.2, 0.25) is 0 Å². The molecule has 4 aliphatic rings. The van der Waals surface area contributed by atoms with Crippen molar-refractivity contribution in [2.75, 3.05) is 46.6 Å². The highest BCUT2D eigenvalue weighted by molar-refractivity contribution is 6.08. The number of hydrogen-bond acceptors (Lipinski definition) is 11. The highest BCUT2D eigenvalue weighted by atomic mass is 16.5. The van der Waals surface area contributed by atoms with Crippen LogP contribution in [0.15, 0.2) is 60.3 Å². The molecule has 0 radical (unpaired) electrons. The molecular weight excluding hydrogens is 747 g/mol. The van der Waals surface area contributed by atoms with Gasteiger partial charge in [0.15, 0.2) is 5.82 Å². The van der Waals surface area contributed by atoms with Gasteiger partial charge in [0.2, 0.25) is 5.91 Å². The van der Waals surface area contributed by atoms with Crippen LogP contribution in [0.1, 0.15) is 80.2 Å². The van der Waals surface area contributed by atoms with Gasteiger partial charge in [0.25, 0.3) is 11.5 Å². The number of piperazine rings is 1. The number of aliphatic hydroxyl groups is 1. The highest BCUT2D eigenvalue weighted by Crippen LogP contribution is 2.41. The number of amides is 2. The van der Waals surface area contributed by atoms with E-state index in [9.17, 15) is 19.5 Å². The number of rotatable bonds is 9. The first-order valence-electron chi connectivity index (χ1n) is 20.7. The molecule has 14 nitrogen and oxygen atoms in total. The summed E-state index contributed by atoms with van der Waals surface area (Å²) in [6, 6.07) is 8.01. The molecular formula is C45H55N9O5. The fourth-order valence-corrected chi connectivity index (χ4v) is 9.69. The molecule has 1 aromatic carbocycles. The molecule has 14 heteroatoms. The molecule has 2 amide bonds. The minimum atomic E-state index is -0.410. The maximum absolute atomic E-state index is 14.1. The Hall–Kier alpha value is -5.44. The minimum absolute atomic E-state index is 0.0498. The molecule has 2 fully saturated rings. The van der Waals surface area contributed by atoms with Crippen molar-refractivity contribution < 1.29 is 19.4 Å². The van der Waals surface area contributed by atoms with Gasteiger partial charge < -0.3 is 29.9 Å². The summed E-state index contributed by atoms with van der Waals surface area (Å²) in [4.78, 5) is 60.9. The van der Waals surface area contributed by atoms with Crippen LogP contribution in [0.3, 0.4) is 0 Å². The fourth-order valence-electron chi connectivity index (χ4n) is 9.69. The van der Waals surface area contributed by atoms with E-state index in [0.717, 1.165) is 62.3 Å². The van der Waals surface area contributed by atoms with Gasteiger partial charge in [0, 0.05) is 86.4 Å². The molecule has 3 aliphatic heterocycles. The summed E-state index contributed by atoms with van der Waals surface area (Å²) in [6.45, 7) is 17.2. The summed E-state index contributed by atoms with van der Waals surface area (Å²) in [5.74, 6) is -0.157. The predicted octanol–water partition coefficient (Wildman–Crippen LogP) is 5.39. The summed E-state index contributed by atoms with van der Waals surface area (Å²) in [5.41, 5.74) is 6.99. The van der Waals surface area contributed by atoms with Gasteiger partial charge in [-0.1, -0.05) is 20.4 Å². The number of benzene rings is 1. The van der Waals surface area contributed by atoms with Crippen molar-refractivity contribution in [1.82, 2.24) is 24.4 Å². The Labute approximate surface area is 345 Å². The van der Waals surface area contributed by atoms with Gasteiger partial charge in [-0.15, -0.1) is 0 Å². The van der Waals surface area contributed by atoms with Gasteiger partial charge in [-0.3, -0.25) is 29.2 Å². The van der Waals surface area contributed by atoms with Crippen molar-refractivity contribution in [1.29, 1.82) is 0 Å². The quantitative estimate of drug-likeness (QED) is 0.187. The Morgan fingerprint density at radius 3 is 2.54 bits per heavy atom. The van der Waals surface area contributed by atoms with Crippen LogP contribution >= 0.6 is 0 Å². The maximum atomic E-state index is 14.1. The number of pyridine rings is 2. The number of aromatic nitrogens is 4. The van der Waals surface area contributed by atoms with E-state index in [1.54, 1.807) is 42.7 Å². The maximum Gasteiger partial charge on any atom is 0.293 e. The molecule has 4 atom stereocenters. The number of ether oxygens (including phenoxy) is 1. The molecule has 6 heterocycles. The fraction of sp³-hybridized carbons (Fsp3) is 0.467. The monoisotopic (exact) mass is 801 g/mol. The van der Waals surface area contributed by atoms with E-state index in [0.29, 0.717) is 58.6 Å². The van der Waals surface area contributed by atoms with Crippen LogP contribution in [0.4, 0.5) is 28.7 Å². The predicted molar refractivity (Wildman–Crippen MR) is 229 cm³/mol. The molecule has 0 bridgehead atoms. The number of anilines is 5. The number of fused-ring (bicyclic) bond motifs is 3. The second-order valence-electron chi connectivity index (χ2n) is 17.5. The SMILES string of the molecule is C=CC(=O)Nc1cc(Nc2nc(-c3ccnc(N4CCc5c(cnc6c5CC(C)(C)C6)C4=O)c3CO)cn(C)c2=O)ccc1N1CCN(C2C[C@@H](C)O[C@@H](C)C2)C[C@@H]1C. The topological polar surface area (TPSA) is 158 Å². The first kappa shape index (κ1) is 40.3. The summed E-state index contributed by atoms with van der Waals surface area (Å²) in [5, 5.41) is 17.0.